The first-order valence-electron chi connectivity index (χ1n) is 10.9. The number of halogens is 1. The van der Waals surface area contributed by atoms with Crippen LogP contribution in [0.1, 0.15) is 0 Å². The van der Waals surface area contributed by atoms with Gasteiger partial charge in [0.1, 0.15) is 12.4 Å². The SMILES string of the molecule is Cl.Oc1ccc2cc(-c3nc(OCCN4CCOCC4)cc(-c4ccccc4)n3)ccc2c1. The van der Waals surface area contributed by atoms with Crippen LogP contribution in [0, 0.1) is 0 Å². The minimum Gasteiger partial charge on any atom is -0.508 e. The molecule has 1 aliphatic rings. The van der Waals surface area contributed by atoms with E-state index >= 15 is 0 Å². The Kier molecular flexibility index (Phi) is 7.40. The normalized spacial score (nSPS) is 14.1. The second kappa shape index (κ2) is 10.6. The van der Waals surface area contributed by atoms with E-state index in [1.807, 2.05) is 60.7 Å². The van der Waals surface area contributed by atoms with Crippen LogP contribution in [0.25, 0.3) is 33.4 Å². The van der Waals surface area contributed by atoms with Gasteiger partial charge >= 0.3 is 0 Å². The molecular weight excluding hydrogens is 438 g/mol. The van der Waals surface area contributed by atoms with Crippen molar-refractivity contribution in [1.82, 2.24) is 14.9 Å². The van der Waals surface area contributed by atoms with E-state index in [2.05, 4.69) is 4.90 Å². The van der Waals surface area contributed by atoms with E-state index in [4.69, 9.17) is 19.4 Å². The number of fused-ring (bicyclic) bond motifs is 1. The Balaban J connectivity index is 0.00000259. The number of hydrogen-bond donors (Lipinski definition) is 1. The molecule has 3 aromatic carbocycles. The molecule has 4 aromatic rings. The number of morpholine rings is 1. The summed E-state index contributed by atoms with van der Waals surface area (Å²) in [5.74, 6) is 1.43. The number of phenolic OH excluding ortho intramolecular Hbond substituents is 1. The fraction of sp³-hybridized carbons (Fsp3) is 0.231. The molecule has 0 saturated carbocycles. The molecule has 0 atom stereocenters. The van der Waals surface area contributed by atoms with Gasteiger partial charge in [0.15, 0.2) is 5.82 Å². The standard InChI is InChI=1S/C26H25N3O3.ClH/c30-23-9-8-20-16-22(7-6-21(20)17-23)26-27-24(19-4-2-1-3-5-19)18-25(28-26)32-15-12-29-10-13-31-14-11-29;/h1-9,16-18,30H,10-15H2;1H. The summed E-state index contributed by atoms with van der Waals surface area (Å²) in [7, 11) is 0. The summed E-state index contributed by atoms with van der Waals surface area (Å²) in [5.41, 5.74) is 2.74. The van der Waals surface area contributed by atoms with Crippen LogP contribution in [0.15, 0.2) is 72.8 Å². The van der Waals surface area contributed by atoms with Crippen LogP contribution >= 0.6 is 12.4 Å². The molecule has 1 aromatic heterocycles. The zero-order chi connectivity index (χ0) is 21.8. The van der Waals surface area contributed by atoms with Crippen molar-refractivity contribution in [2.75, 3.05) is 39.5 Å². The van der Waals surface area contributed by atoms with Gasteiger partial charge in [0.05, 0.1) is 18.9 Å². The van der Waals surface area contributed by atoms with E-state index < -0.39 is 0 Å². The van der Waals surface area contributed by atoms with E-state index in [1.54, 1.807) is 12.1 Å². The summed E-state index contributed by atoms with van der Waals surface area (Å²) in [6.07, 6.45) is 0. The molecule has 33 heavy (non-hydrogen) atoms. The van der Waals surface area contributed by atoms with Crippen LogP contribution in [0.2, 0.25) is 0 Å². The summed E-state index contributed by atoms with van der Waals surface area (Å²) in [6, 6.07) is 23.3. The van der Waals surface area contributed by atoms with E-state index in [1.165, 1.54) is 0 Å². The maximum atomic E-state index is 9.74. The molecule has 6 nitrogen and oxygen atoms in total. The Morgan fingerprint density at radius 3 is 2.42 bits per heavy atom. The molecule has 1 fully saturated rings. The van der Waals surface area contributed by atoms with E-state index in [0.717, 1.165) is 60.4 Å². The van der Waals surface area contributed by atoms with Crippen LogP contribution in [0.3, 0.4) is 0 Å². The Labute approximate surface area is 199 Å². The Hall–Kier alpha value is -3.19. The van der Waals surface area contributed by atoms with Gasteiger partial charge in [-0.25, -0.2) is 4.98 Å². The van der Waals surface area contributed by atoms with E-state index in [-0.39, 0.29) is 18.2 Å². The zero-order valence-corrected chi connectivity index (χ0v) is 19.0. The molecule has 1 saturated heterocycles. The fourth-order valence-corrected chi connectivity index (χ4v) is 3.86. The Morgan fingerprint density at radius 1 is 0.848 bits per heavy atom. The lowest BCUT2D eigenvalue weighted by Crippen LogP contribution is -2.38. The highest BCUT2D eigenvalue weighted by molar-refractivity contribution is 5.87. The van der Waals surface area contributed by atoms with Gasteiger partial charge in [-0.3, -0.25) is 4.90 Å². The topological polar surface area (TPSA) is 67.7 Å². The minimum absolute atomic E-state index is 0. The molecule has 2 heterocycles. The van der Waals surface area contributed by atoms with Gasteiger partial charge in [-0.2, -0.15) is 4.98 Å². The summed E-state index contributed by atoms with van der Waals surface area (Å²) >= 11 is 0. The molecule has 0 spiro atoms. The van der Waals surface area contributed by atoms with Crippen molar-refractivity contribution in [3.63, 3.8) is 0 Å². The summed E-state index contributed by atoms with van der Waals surface area (Å²) in [6.45, 7) is 4.80. The number of phenols is 1. The predicted octanol–water partition coefficient (Wildman–Crippen LogP) is 4.80. The smallest absolute Gasteiger partial charge is 0.217 e. The number of hydrogen-bond acceptors (Lipinski definition) is 6. The van der Waals surface area contributed by atoms with Crippen LogP contribution < -0.4 is 4.74 Å². The van der Waals surface area contributed by atoms with Crippen LogP contribution in [-0.4, -0.2) is 59.4 Å². The van der Waals surface area contributed by atoms with Gasteiger partial charge in [0.2, 0.25) is 5.88 Å². The van der Waals surface area contributed by atoms with E-state index in [9.17, 15) is 5.11 Å². The number of nitrogens with zero attached hydrogens (tertiary/aromatic N) is 3. The molecule has 0 bridgehead atoms. The second-order valence-corrected chi connectivity index (χ2v) is 7.83. The van der Waals surface area contributed by atoms with Gasteiger partial charge in [0.25, 0.3) is 0 Å². The molecule has 170 valence electrons. The molecule has 5 rings (SSSR count). The van der Waals surface area contributed by atoms with Crippen molar-refractivity contribution < 1.29 is 14.6 Å². The third-order valence-electron chi connectivity index (χ3n) is 5.62. The molecular formula is C26H26ClN3O3. The van der Waals surface area contributed by atoms with Gasteiger partial charge in [0, 0.05) is 36.8 Å². The van der Waals surface area contributed by atoms with Gasteiger partial charge in [-0.1, -0.05) is 48.5 Å². The monoisotopic (exact) mass is 463 g/mol. The van der Waals surface area contributed by atoms with Crippen molar-refractivity contribution in [1.29, 1.82) is 0 Å². The highest BCUT2D eigenvalue weighted by Crippen LogP contribution is 2.28. The predicted molar refractivity (Wildman–Crippen MR) is 132 cm³/mol. The quantitative estimate of drug-likeness (QED) is 0.443. The van der Waals surface area contributed by atoms with Crippen LogP contribution in [0.5, 0.6) is 11.6 Å². The fourth-order valence-electron chi connectivity index (χ4n) is 3.86. The lowest BCUT2D eigenvalue weighted by atomic mass is 10.1. The van der Waals surface area contributed by atoms with E-state index in [0.29, 0.717) is 18.3 Å². The van der Waals surface area contributed by atoms with Crippen LogP contribution in [0.4, 0.5) is 0 Å². The van der Waals surface area contributed by atoms with Crippen molar-refractivity contribution in [3.8, 4) is 34.3 Å². The average Bonchev–Trinajstić information content (AvgIpc) is 2.85. The van der Waals surface area contributed by atoms with Gasteiger partial charge in [-0.05, 0) is 29.0 Å². The van der Waals surface area contributed by atoms with Crippen molar-refractivity contribution >= 4 is 23.2 Å². The van der Waals surface area contributed by atoms with Crippen molar-refractivity contribution in [3.05, 3.63) is 72.8 Å². The average molecular weight is 464 g/mol. The molecule has 7 heteroatoms. The molecule has 0 radical (unpaired) electrons. The first-order chi connectivity index (χ1) is 15.7. The highest BCUT2D eigenvalue weighted by atomic mass is 35.5. The third kappa shape index (κ3) is 5.60. The molecule has 1 N–H and O–H groups in total. The first-order valence-corrected chi connectivity index (χ1v) is 10.9. The maximum Gasteiger partial charge on any atom is 0.217 e. The van der Waals surface area contributed by atoms with Crippen molar-refractivity contribution in [2.24, 2.45) is 0 Å². The molecule has 0 aliphatic carbocycles. The minimum atomic E-state index is 0. The number of aromatic hydroxyl groups is 1. The van der Waals surface area contributed by atoms with Gasteiger partial charge in [-0.15, -0.1) is 12.4 Å². The number of benzene rings is 3. The molecule has 1 aliphatic heterocycles. The Morgan fingerprint density at radius 2 is 1.61 bits per heavy atom. The summed E-state index contributed by atoms with van der Waals surface area (Å²) in [4.78, 5) is 11.9. The highest BCUT2D eigenvalue weighted by Gasteiger charge is 2.13. The lowest BCUT2D eigenvalue weighted by molar-refractivity contribution is 0.0320. The summed E-state index contributed by atoms with van der Waals surface area (Å²) in [5, 5.41) is 11.7. The number of ether oxygens (including phenoxy) is 2. The molecule has 0 amide bonds. The number of rotatable bonds is 6. The van der Waals surface area contributed by atoms with Gasteiger partial charge < -0.3 is 14.6 Å². The Bertz CT molecular complexity index is 1210. The largest absolute Gasteiger partial charge is 0.508 e. The van der Waals surface area contributed by atoms with Crippen LogP contribution in [-0.2, 0) is 4.74 Å². The second-order valence-electron chi connectivity index (χ2n) is 7.83. The summed E-state index contributed by atoms with van der Waals surface area (Å²) < 4.78 is 11.5. The lowest BCUT2D eigenvalue weighted by Gasteiger charge is -2.26. The zero-order valence-electron chi connectivity index (χ0n) is 18.2. The van der Waals surface area contributed by atoms with Crippen molar-refractivity contribution in [2.45, 2.75) is 0 Å². The maximum absolute atomic E-state index is 9.74. The third-order valence-corrected chi connectivity index (χ3v) is 5.62. The molecule has 0 unspecified atom stereocenters. The first kappa shape index (κ1) is 23.0. The number of aromatic nitrogens is 2.